The summed E-state index contributed by atoms with van der Waals surface area (Å²) in [6.07, 6.45) is 5.73. The Morgan fingerprint density at radius 2 is 1.91 bits per heavy atom. The minimum absolute atomic E-state index is 0.0114. The molecule has 0 saturated heterocycles. The summed E-state index contributed by atoms with van der Waals surface area (Å²) in [6.45, 7) is 4.75. The summed E-state index contributed by atoms with van der Waals surface area (Å²) >= 11 is 0. The highest BCUT2D eigenvalue weighted by Crippen LogP contribution is 2.14. The molecule has 4 heteroatoms. The maximum absolute atomic E-state index is 11.9. The molecule has 0 N–H and O–H groups in total. The van der Waals surface area contributed by atoms with Gasteiger partial charge in [-0.2, -0.15) is 5.26 Å². The Labute approximate surface area is 138 Å². The van der Waals surface area contributed by atoms with Gasteiger partial charge in [-0.25, -0.2) is 4.79 Å². The van der Waals surface area contributed by atoms with Crippen LogP contribution >= 0.6 is 0 Å². The summed E-state index contributed by atoms with van der Waals surface area (Å²) in [5, 5.41) is 9.12. The van der Waals surface area contributed by atoms with E-state index in [1.54, 1.807) is 31.4 Å². The molecular weight excluding hydrogens is 290 g/mol. The van der Waals surface area contributed by atoms with Gasteiger partial charge in [0.1, 0.15) is 17.4 Å². The molecule has 23 heavy (non-hydrogen) atoms. The van der Waals surface area contributed by atoms with E-state index in [0.29, 0.717) is 12.5 Å². The number of rotatable bonds is 9. The van der Waals surface area contributed by atoms with Gasteiger partial charge in [-0.1, -0.05) is 45.2 Å². The number of carbonyl (C=O) groups excluding carboxylic acids is 1. The first kappa shape index (κ1) is 18.8. The molecule has 0 radical (unpaired) electrons. The number of unbranched alkanes of at least 4 members (excludes halogenated alkanes) is 2. The fourth-order valence-electron chi connectivity index (χ4n) is 2.08. The van der Waals surface area contributed by atoms with Crippen LogP contribution in [-0.4, -0.2) is 19.7 Å². The minimum Gasteiger partial charge on any atom is -0.497 e. The number of nitrogens with zero attached hydrogens (tertiary/aromatic N) is 1. The van der Waals surface area contributed by atoms with E-state index in [1.165, 1.54) is 12.5 Å². The smallest absolute Gasteiger partial charge is 0.348 e. The molecular formula is C19H25NO3. The van der Waals surface area contributed by atoms with Gasteiger partial charge in [0.15, 0.2) is 0 Å². The van der Waals surface area contributed by atoms with E-state index in [9.17, 15) is 4.79 Å². The van der Waals surface area contributed by atoms with Crippen LogP contribution in [-0.2, 0) is 9.53 Å². The summed E-state index contributed by atoms with van der Waals surface area (Å²) in [6, 6.07) is 9.03. The van der Waals surface area contributed by atoms with Crippen molar-refractivity contribution in [1.82, 2.24) is 0 Å². The first-order chi connectivity index (χ1) is 11.1. The van der Waals surface area contributed by atoms with Gasteiger partial charge in [-0.3, -0.25) is 0 Å². The largest absolute Gasteiger partial charge is 0.497 e. The summed E-state index contributed by atoms with van der Waals surface area (Å²) in [5.74, 6) is 0.868. The van der Waals surface area contributed by atoms with Gasteiger partial charge in [0, 0.05) is 0 Å². The molecule has 0 unspecified atom stereocenters. The maximum Gasteiger partial charge on any atom is 0.348 e. The fourth-order valence-corrected chi connectivity index (χ4v) is 2.08. The van der Waals surface area contributed by atoms with Crippen molar-refractivity contribution in [2.75, 3.05) is 13.7 Å². The van der Waals surface area contributed by atoms with E-state index in [2.05, 4.69) is 13.8 Å². The number of hydrogen-bond donors (Lipinski definition) is 0. The molecule has 0 fully saturated rings. The molecule has 0 bridgehead atoms. The van der Waals surface area contributed by atoms with E-state index in [0.717, 1.165) is 30.6 Å². The van der Waals surface area contributed by atoms with Crippen molar-refractivity contribution >= 4 is 12.0 Å². The Bertz CT molecular complexity index is 553. The summed E-state index contributed by atoms with van der Waals surface area (Å²) in [4.78, 5) is 11.9. The van der Waals surface area contributed by atoms with Crippen LogP contribution in [0.3, 0.4) is 0 Å². The molecule has 0 aliphatic heterocycles. The molecule has 0 amide bonds. The van der Waals surface area contributed by atoms with E-state index in [1.807, 2.05) is 6.07 Å². The van der Waals surface area contributed by atoms with Crippen molar-refractivity contribution < 1.29 is 14.3 Å². The van der Waals surface area contributed by atoms with E-state index >= 15 is 0 Å². The monoisotopic (exact) mass is 315 g/mol. The Kier molecular flexibility index (Phi) is 8.52. The van der Waals surface area contributed by atoms with E-state index in [4.69, 9.17) is 14.7 Å². The highest BCUT2D eigenvalue weighted by molar-refractivity contribution is 5.97. The predicted molar refractivity (Wildman–Crippen MR) is 90.8 cm³/mol. The van der Waals surface area contributed by atoms with Crippen LogP contribution in [0.15, 0.2) is 29.8 Å². The van der Waals surface area contributed by atoms with Gasteiger partial charge < -0.3 is 9.47 Å². The maximum atomic E-state index is 11.9. The normalized spacial score (nSPS) is 11.2. The first-order valence-corrected chi connectivity index (χ1v) is 7.99. The average molecular weight is 315 g/mol. The van der Waals surface area contributed by atoms with E-state index < -0.39 is 5.97 Å². The Morgan fingerprint density at radius 1 is 1.22 bits per heavy atom. The van der Waals surface area contributed by atoms with Gasteiger partial charge in [0.05, 0.1) is 13.7 Å². The number of carbonyl (C=O) groups is 1. The van der Waals surface area contributed by atoms with Crippen LogP contribution in [0.4, 0.5) is 0 Å². The van der Waals surface area contributed by atoms with E-state index in [-0.39, 0.29) is 5.57 Å². The summed E-state index contributed by atoms with van der Waals surface area (Å²) in [7, 11) is 1.59. The highest BCUT2D eigenvalue weighted by atomic mass is 16.5. The van der Waals surface area contributed by atoms with Gasteiger partial charge >= 0.3 is 5.97 Å². The molecule has 1 aromatic carbocycles. The van der Waals surface area contributed by atoms with Gasteiger partial charge in [0.2, 0.25) is 0 Å². The number of benzene rings is 1. The average Bonchev–Trinajstić information content (AvgIpc) is 2.55. The van der Waals surface area contributed by atoms with Gasteiger partial charge in [0.25, 0.3) is 0 Å². The molecule has 0 aliphatic rings. The molecule has 0 heterocycles. The number of esters is 1. The second-order valence-electron chi connectivity index (χ2n) is 5.82. The number of nitriles is 1. The Balaban J connectivity index is 2.45. The second kappa shape index (κ2) is 10.4. The molecule has 0 aromatic heterocycles. The van der Waals surface area contributed by atoms with Crippen LogP contribution in [0.25, 0.3) is 6.08 Å². The van der Waals surface area contributed by atoms with Crippen LogP contribution in [0.2, 0.25) is 0 Å². The lowest BCUT2D eigenvalue weighted by Crippen LogP contribution is -2.08. The highest BCUT2D eigenvalue weighted by Gasteiger charge is 2.10. The van der Waals surface area contributed by atoms with Crippen LogP contribution in [0.1, 0.15) is 45.1 Å². The van der Waals surface area contributed by atoms with Crippen molar-refractivity contribution in [3.63, 3.8) is 0 Å². The minimum atomic E-state index is -0.563. The van der Waals surface area contributed by atoms with Gasteiger partial charge in [-0.05, 0) is 36.1 Å². The molecule has 1 rings (SSSR count). The van der Waals surface area contributed by atoms with Crippen LogP contribution in [0.5, 0.6) is 5.75 Å². The Morgan fingerprint density at radius 3 is 2.48 bits per heavy atom. The molecule has 0 aliphatic carbocycles. The molecule has 0 saturated carbocycles. The van der Waals surface area contributed by atoms with Crippen molar-refractivity contribution in [2.24, 2.45) is 5.92 Å². The van der Waals surface area contributed by atoms with Crippen molar-refractivity contribution in [1.29, 1.82) is 5.26 Å². The van der Waals surface area contributed by atoms with Crippen molar-refractivity contribution in [3.05, 3.63) is 35.4 Å². The fraction of sp³-hybridized carbons (Fsp3) is 0.474. The number of hydrogen-bond acceptors (Lipinski definition) is 4. The van der Waals surface area contributed by atoms with Crippen molar-refractivity contribution in [3.8, 4) is 11.8 Å². The second-order valence-corrected chi connectivity index (χ2v) is 5.82. The predicted octanol–water partition coefficient (Wildman–Crippen LogP) is 4.36. The lowest BCUT2D eigenvalue weighted by Gasteiger charge is -2.06. The summed E-state index contributed by atoms with van der Waals surface area (Å²) < 4.78 is 10.2. The van der Waals surface area contributed by atoms with Crippen LogP contribution < -0.4 is 4.74 Å². The molecule has 124 valence electrons. The molecule has 0 atom stereocenters. The third kappa shape index (κ3) is 7.51. The number of ether oxygens (including phenoxy) is 2. The lowest BCUT2D eigenvalue weighted by atomic mass is 10.1. The summed E-state index contributed by atoms with van der Waals surface area (Å²) in [5.41, 5.74) is 0.772. The zero-order chi connectivity index (χ0) is 17.1. The third-order valence-corrected chi connectivity index (χ3v) is 3.43. The topological polar surface area (TPSA) is 59.3 Å². The lowest BCUT2D eigenvalue weighted by molar-refractivity contribution is -0.138. The zero-order valence-electron chi connectivity index (χ0n) is 14.2. The van der Waals surface area contributed by atoms with Crippen LogP contribution in [0, 0.1) is 17.2 Å². The molecule has 0 spiro atoms. The Hall–Kier alpha value is -2.28. The quantitative estimate of drug-likeness (QED) is 0.294. The zero-order valence-corrected chi connectivity index (χ0v) is 14.2. The standard InChI is InChI=1S/C19H25NO3/c1-15(2)7-5-4-6-12-23-19(21)17(14-20)13-16-8-10-18(22-3)11-9-16/h8-11,13,15H,4-7,12H2,1-3H3. The first-order valence-electron chi connectivity index (χ1n) is 7.99. The SMILES string of the molecule is COc1ccc(C=C(C#N)C(=O)OCCCCCC(C)C)cc1. The third-order valence-electron chi connectivity index (χ3n) is 3.43. The van der Waals surface area contributed by atoms with Gasteiger partial charge in [-0.15, -0.1) is 0 Å². The number of methoxy groups -OCH3 is 1. The van der Waals surface area contributed by atoms with Crippen molar-refractivity contribution in [2.45, 2.75) is 39.5 Å². The molecule has 1 aromatic rings. The molecule has 4 nitrogen and oxygen atoms in total.